The number of halogens is 1. The molecule has 1 fully saturated rings. The van der Waals surface area contributed by atoms with Crippen molar-refractivity contribution in [3.05, 3.63) is 35.1 Å². The number of benzene rings is 1. The lowest BCUT2D eigenvalue weighted by Gasteiger charge is -2.15. The predicted molar refractivity (Wildman–Crippen MR) is 66.5 cm³/mol. The van der Waals surface area contributed by atoms with E-state index in [1.807, 2.05) is 6.07 Å². The van der Waals surface area contributed by atoms with Gasteiger partial charge in [0.25, 0.3) is 0 Å². The van der Waals surface area contributed by atoms with Crippen LogP contribution in [0.2, 0.25) is 0 Å². The zero-order chi connectivity index (χ0) is 13.8. The van der Waals surface area contributed by atoms with Crippen LogP contribution in [-0.4, -0.2) is 31.1 Å². The van der Waals surface area contributed by atoms with Gasteiger partial charge in [-0.1, -0.05) is 6.07 Å². The summed E-state index contributed by atoms with van der Waals surface area (Å²) < 4.78 is 17.9. The van der Waals surface area contributed by atoms with Crippen molar-refractivity contribution in [3.8, 4) is 6.07 Å². The van der Waals surface area contributed by atoms with Gasteiger partial charge in [0.2, 0.25) is 0 Å². The number of nitrogens with zero attached hydrogens (tertiary/aromatic N) is 2. The fraction of sp³-hybridized carbons (Fsp3) is 0.429. The maximum Gasteiger partial charge on any atom is 0.310 e. The molecule has 1 heterocycles. The molecule has 0 aromatic heterocycles. The summed E-state index contributed by atoms with van der Waals surface area (Å²) in [4.78, 5) is 13.5. The van der Waals surface area contributed by atoms with Crippen LogP contribution in [0, 0.1) is 23.1 Å². The summed E-state index contributed by atoms with van der Waals surface area (Å²) in [6.45, 7) is 2.06. The minimum atomic E-state index is -0.500. The molecule has 1 aromatic rings. The van der Waals surface area contributed by atoms with Crippen LogP contribution in [0.5, 0.6) is 0 Å². The SMILES string of the molecule is COC(=O)C1CCN(Cc2ccc(F)c(C#N)c2)C1. The van der Waals surface area contributed by atoms with Gasteiger partial charge in [-0.15, -0.1) is 0 Å². The molecule has 1 aliphatic heterocycles. The third-order valence-electron chi connectivity index (χ3n) is 3.36. The Hall–Kier alpha value is -1.93. The molecular formula is C14H15FN2O2. The Labute approximate surface area is 111 Å². The summed E-state index contributed by atoms with van der Waals surface area (Å²) >= 11 is 0. The van der Waals surface area contributed by atoms with Crippen LogP contribution in [-0.2, 0) is 16.1 Å². The lowest BCUT2D eigenvalue weighted by Crippen LogP contribution is -2.23. The van der Waals surface area contributed by atoms with E-state index in [2.05, 4.69) is 4.90 Å². The Morgan fingerprint density at radius 2 is 2.42 bits per heavy atom. The molecule has 1 aromatic carbocycles. The third-order valence-corrected chi connectivity index (χ3v) is 3.36. The van der Waals surface area contributed by atoms with Crippen molar-refractivity contribution in [2.75, 3.05) is 20.2 Å². The quantitative estimate of drug-likeness (QED) is 0.778. The van der Waals surface area contributed by atoms with E-state index in [4.69, 9.17) is 10.00 Å². The number of esters is 1. The monoisotopic (exact) mass is 262 g/mol. The van der Waals surface area contributed by atoms with Gasteiger partial charge in [-0.2, -0.15) is 5.26 Å². The molecule has 0 saturated carbocycles. The van der Waals surface area contributed by atoms with Gasteiger partial charge in [0, 0.05) is 13.1 Å². The number of carbonyl (C=O) groups is 1. The second-order valence-electron chi connectivity index (χ2n) is 4.67. The minimum absolute atomic E-state index is 0.0567. The summed E-state index contributed by atoms with van der Waals surface area (Å²) in [7, 11) is 1.39. The van der Waals surface area contributed by atoms with Crippen molar-refractivity contribution in [1.29, 1.82) is 5.26 Å². The van der Waals surface area contributed by atoms with Crippen LogP contribution in [0.4, 0.5) is 4.39 Å². The maximum absolute atomic E-state index is 13.2. The average Bonchev–Trinajstić information content (AvgIpc) is 2.88. The van der Waals surface area contributed by atoms with E-state index in [0.717, 1.165) is 18.5 Å². The van der Waals surface area contributed by atoms with Crippen molar-refractivity contribution >= 4 is 5.97 Å². The van der Waals surface area contributed by atoms with Gasteiger partial charge in [0.1, 0.15) is 11.9 Å². The molecule has 5 heteroatoms. The normalized spacial score (nSPS) is 19.1. The molecule has 0 spiro atoms. The molecule has 2 rings (SSSR count). The lowest BCUT2D eigenvalue weighted by molar-refractivity contribution is -0.144. The highest BCUT2D eigenvalue weighted by molar-refractivity contribution is 5.72. The second kappa shape index (κ2) is 5.81. The zero-order valence-corrected chi connectivity index (χ0v) is 10.7. The molecule has 4 nitrogen and oxygen atoms in total. The fourth-order valence-corrected chi connectivity index (χ4v) is 2.35. The number of rotatable bonds is 3. The number of methoxy groups -OCH3 is 1. The van der Waals surface area contributed by atoms with Gasteiger partial charge < -0.3 is 4.74 Å². The first kappa shape index (κ1) is 13.5. The van der Waals surface area contributed by atoms with Crippen molar-refractivity contribution in [2.24, 2.45) is 5.92 Å². The zero-order valence-electron chi connectivity index (χ0n) is 10.7. The van der Waals surface area contributed by atoms with Gasteiger partial charge in [0.05, 0.1) is 18.6 Å². The van der Waals surface area contributed by atoms with Crippen LogP contribution in [0.25, 0.3) is 0 Å². The van der Waals surface area contributed by atoms with Crippen LogP contribution >= 0.6 is 0 Å². The van der Waals surface area contributed by atoms with Gasteiger partial charge in [-0.3, -0.25) is 9.69 Å². The predicted octanol–water partition coefficient (Wildman–Crippen LogP) is 1.69. The summed E-state index contributed by atoms with van der Waals surface area (Å²) in [5.41, 5.74) is 0.935. The molecule has 1 unspecified atom stereocenters. The molecule has 0 bridgehead atoms. The first-order chi connectivity index (χ1) is 9.13. The van der Waals surface area contributed by atoms with E-state index in [9.17, 15) is 9.18 Å². The highest BCUT2D eigenvalue weighted by Gasteiger charge is 2.28. The Balaban J connectivity index is 2.00. The van der Waals surface area contributed by atoms with E-state index in [0.29, 0.717) is 13.1 Å². The molecule has 0 radical (unpaired) electrons. The molecule has 100 valence electrons. The lowest BCUT2D eigenvalue weighted by atomic mass is 10.1. The standard InChI is InChI=1S/C14H15FN2O2/c1-19-14(18)11-4-5-17(9-11)8-10-2-3-13(15)12(6-10)7-16/h2-3,6,11H,4-5,8-9H2,1H3. The molecule has 0 N–H and O–H groups in total. The summed E-state index contributed by atoms with van der Waals surface area (Å²) in [6, 6.07) is 6.36. The van der Waals surface area contributed by atoms with E-state index < -0.39 is 5.82 Å². The minimum Gasteiger partial charge on any atom is -0.469 e. The highest BCUT2D eigenvalue weighted by atomic mass is 19.1. The summed E-state index contributed by atoms with van der Waals surface area (Å²) in [6.07, 6.45) is 0.777. The van der Waals surface area contributed by atoms with Gasteiger partial charge in [-0.05, 0) is 30.7 Å². The highest BCUT2D eigenvalue weighted by Crippen LogP contribution is 2.20. The molecule has 0 amide bonds. The first-order valence-electron chi connectivity index (χ1n) is 6.12. The number of likely N-dealkylation sites (tertiary alicyclic amines) is 1. The molecule has 19 heavy (non-hydrogen) atoms. The first-order valence-corrected chi connectivity index (χ1v) is 6.12. The number of carbonyl (C=O) groups excluding carboxylic acids is 1. The number of ether oxygens (including phenoxy) is 1. The largest absolute Gasteiger partial charge is 0.469 e. The Morgan fingerprint density at radius 3 is 3.11 bits per heavy atom. The number of nitriles is 1. The summed E-state index contributed by atoms with van der Waals surface area (Å²) in [5.74, 6) is -0.764. The van der Waals surface area contributed by atoms with E-state index >= 15 is 0 Å². The maximum atomic E-state index is 13.2. The third kappa shape index (κ3) is 3.09. The second-order valence-corrected chi connectivity index (χ2v) is 4.67. The fourth-order valence-electron chi connectivity index (χ4n) is 2.35. The van der Waals surface area contributed by atoms with Gasteiger partial charge >= 0.3 is 5.97 Å². The molecule has 1 aliphatic rings. The summed E-state index contributed by atoms with van der Waals surface area (Å²) in [5, 5.41) is 8.79. The van der Waals surface area contributed by atoms with Crippen molar-refractivity contribution < 1.29 is 13.9 Å². The Bertz CT molecular complexity index is 525. The topological polar surface area (TPSA) is 53.3 Å². The average molecular weight is 262 g/mol. The van der Waals surface area contributed by atoms with Crippen molar-refractivity contribution in [2.45, 2.75) is 13.0 Å². The van der Waals surface area contributed by atoms with Gasteiger partial charge in [-0.25, -0.2) is 4.39 Å². The van der Waals surface area contributed by atoms with E-state index in [1.165, 1.54) is 13.2 Å². The van der Waals surface area contributed by atoms with E-state index in [1.54, 1.807) is 12.1 Å². The molecular weight excluding hydrogens is 247 g/mol. The van der Waals surface area contributed by atoms with Crippen molar-refractivity contribution in [1.82, 2.24) is 4.90 Å². The Morgan fingerprint density at radius 1 is 1.63 bits per heavy atom. The molecule has 1 saturated heterocycles. The molecule has 0 aliphatic carbocycles. The number of hydrogen-bond donors (Lipinski definition) is 0. The van der Waals surface area contributed by atoms with Crippen LogP contribution in [0.1, 0.15) is 17.5 Å². The van der Waals surface area contributed by atoms with E-state index in [-0.39, 0.29) is 17.5 Å². The van der Waals surface area contributed by atoms with Crippen LogP contribution < -0.4 is 0 Å². The van der Waals surface area contributed by atoms with Crippen LogP contribution in [0.3, 0.4) is 0 Å². The number of hydrogen-bond acceptors (Lipinski definition) is 4. The van der Waals surface area contributed by atoms with Crippen molar-refractivity contribution in [3.63, 3.8) is 0 Å². The Kier molecular flexibility index (Phi) is 4.13. The van der Waals surface area contributed by atoms with Gasteiger partial charge in [0.15, 0.2) is 0 Å². The smallest absolute Gasteiger partial charge is 0.310 e. The van der Waals surface area contributed by atoms with Crippen LogP contribution in [0.15, 0.2) is 18.2 Å². The molecule has 1 atom stereocenters.